The number of hydrogen-bond acceptors (Lipinski definition) is 2. The van der Waals surface area contributed by atoms with Gasteiger partial charge < -0.3 is 26.7 Å². The molecule has 0 radical (unpaired) electrons. The number of likely N-dealkylation sites (N-methyl/N-ethyl adjacent to an activating group) is 1. The lowest BCUT2D eigenvalue weighted by atomic mass is 10.2. The molecule has 0 heterocycles. The van der Waals surface area contributed by atoms with Crippen LogP contribution in [0, 0.1) is 6.92 Å². The molecule has 26 heavy (non-hydrogen) atoms. The first-order chi connectivity index (χ1) is 11.7. The van der Waals surface area contributed by atoms with Crippen LogP contribution in [-0.4, -0.2) is 42.9 Å². The van der Waals surface area contributed by atoms with Crippen molar-refractivity contribution in [3.8, 4) is 5.75 Å². The monoisotopic (exact) mass is 437 g/mol. The number of quaternary nitrogens is 1. The molecule has 1 unspecified atom stereocenters. The van der Waals surface area contributed by atoms with Crippen LogP contribution < -0.4 is 17.1 Å². The number of halogens is 4. The first kappa shape index (κ1) is 23.4. The first-order valence-corrected chi connectivity index (χ1v) is 9.12. The molecule has 1 N–H and O–H groups in total. The van der Waals surface area contributed by atoms with Crippen LogP contribution in [0.1, 0.15) is 11.1 Å². The van der Waals surface area contributed by atoms with E-state index >= 15 is 0 Å². The fourth-order valence-electron chi connectivity index (χ4n) is 2.76. The Hall–Kier alpha value is -0.680. The summed E-state index contributed by atoms with van der Waals surface area (Å²) in [5, 5.41) is 12.3. The molecule has 0 fully saturated rings. The summed E-state index contributed by atoms with van der Waals surface area (Å²) < 4.78 is 6.30. The molecular formula is C19H23Cl4NO2. The summed E-state index contributed by atoms with van der Waals surface area (Å²) in [6.07, 6.45) is -0.601. The van der Waals surface area contributed by atoms with E-state index in [9.17, 15) is 5.11 Å². The standard InChI is InChI=1S/C19H23Cl3NO2.ClH/c1-13-8-15(20)6-7-19(13)25-12-17(24)11-23(2,3)10-14-4-5-16(21)9-18(14)22;/h4-9,17,24H,10-12H2,1-3H3;1H/q+1;/p-1. The maximum absolute atomic E-state index is 10.4. The van der Waals surface area contributed by atoms with Crippen molar-refractivity contribution in [1.82, 2.24) is 0 Å². The number of aliphatic hydroxyl groups excluding tert-OH is 1. The van der Waals surface area contributed by atoms with Crippen molar-refractivity contribution in [1.29, 1.82) is 0 Å². The first-order valence-electron chi connectivity index (χ1n) is 7.99. The van der Waals surface area contributed by atoms with Gasteiger partial charge in [0, 0.05) is 15.6 Å². The number of aliphatic hydroxyl groups is 1. The Bertz CT molecular complexity index is 737. The van der Waals surface area contributed by atoms with Crippen LogP contribution in [0.4, 0.5) is 0 Å². The number of nitrogens with zero attached hydrogens (tertiary/aromatic N) is 1. The normalized spacial score (nSPS) is 12.4. The number of ether oxygens (including phenoxy) is 1. The highest BCUT2D eigenvalue weighted by molar-refractivity contribution is 6.35. The van der Waals surface area contributed by atoms with E-state index in [1.165, 1.54) is 0 Å². The molecule has 2 aromatic rings. The van der Waals surface area contributed by atoms with Crippen molar-refractivity contribution in [3.63, 3.8) is 0 Å². The van der Waals surface area contributed by atoms with Crippen LogP contribution in [0.3, 0.4) is 0 Å². The SMILES string of the molecule is Cc1cc(Cl)ccc1OCC(O)C[N+](C)(C)Cc1ccc(Cl)cc1Cl.[Cl-]. The predicted molar refractivity (Wildman–Crippen MR) is 105 cm³/mol. The maximum Gasteiger partial charge on any atom is 0.137 e. The second-order valence-corrected chi connectivity index (χ2v) is 8.17. The maximum atomic E-state index is 10.4. The van der Waals surface area contributed by atoms with Crippen molar-refractivity contribution >= 4 is 34.8 Å². The van der Waals surface area contributed by atoms with Gasteiger partial charge in [0.15, 0.2) is 0 Å². The zero-order valence-electron chi connectivity index (χ0n) is 15.0. The van der Waals surface area contributed by atoms with Crippen molar-refractivity contribution in [3.05, 3.63) is 62.6 Å². The molecule has 1 atom stereocenters. The number of hydrogen-bond donors (Lipinski definition) is 1. The molecule has 2 rings (SSSR count). The van der Waals surface area contributed by atoms with Crippen LogP contribution in [0.25, 0.3) is 0 Å². The average Bonchev–Trinajstić information content (AvgIpc) is 2.48. The molecule has 2 aromatic carbocycles. The van der Waals surface area contributed by atoms with Crippen LogP contribution in [0.15, 0.2) is 36.4 Å². The van der Waals surface area contributed by atoms with Crippen LogP contribution in [0.2, 0.25) is 15.1 Å². The van der Waals surface area contributed by atoms with E-state index in [0.29, 0.717) is 32.6 Å². The number of benzene rings is 2. The van der Waals surface area contributed by atoms with E-state index in [1.54, 1.807) is 12.1 Å². The van der Waals surface area contributed by atoms with E-state index in [4.69, 9.17) is 39.5 Å². The predicted octanol–water partition coefficient (Wildman–Crippen LogP) is 1.98. The Kier molecular flexibility index (Phi) is 9.01. The Morgan fingerprint density at radius 2 is 1.65 bits per heavy atom. The van der Waals surface area contributed by atoms with E-state index in [2.05, 4.69) is 0 Å². The molecule has 7 heteroatoms. The lowest BCUT2D eigenvalue weighted by Crippen LogP contribution is -3.00. The minimum absolute atomic E-state index is 0. The third-order valence-corrected chi connectivity index (χ3v) is 4.71. The molecule has 0 amide bonds. The third-order valence-electron chi connectivity index (χ3n) is 3.89. The molecule has 0 saturated carbocycles. The molecule has 0 aromatic heterocycles. The average molecular weight is 439 g/mol. The van der Waals surface area contributed by atoms with Gasteiger partial charge >= 0.3 is 0 Å². The van der Waals surface area contributed by atoms with Gasteiger partial charge in [-0.15, -0.1) is 0 Å². The Labute approximate surface area is 176 Å². The van der Waals surface area contributed by atoms with Gasteiger partial charge in [-0.3, -0.25) is 0 Å². The molecule has 0 aliphatic rings. The fraction of sp³-hybridized carbons (Fsp3) is 0.368. The summed E-state index contributed by atoms with van der Waals surface area (Å²) in [7, 11) is 4.09. The van der Waals surface area contributed by atoms with Crippen molar-refractivity contribution in [2.75, 3.05) is 27.2 Å². The van der Waals surface area contributed by atoms with Gasteiger partial charge in [0.2, 0.25) is 0 Å². The minimum atomic E-state index is -0.601. The van der Waals surface area contributed by atoms with Crippen LogP contribution >= 0.6 is 34.8 Å². The second kappa shape index (κ2) is 10.0. The van der Waals surface area contributed by atoms with Gasteiger partial charge in [0.05, 0.1) is 19.1 Å². The molecule has 0 bridgehead atoms. The molecule has 3 nitrogen and oxygen atoms in total. The van der Waals surface area contributed by atoms with E-state index in [0.717, 1.165) is 16.9 Å². The minimum Gasteiger partial charge on any atom is -1.00 e. The fourth-order valence-corrected chi connectivity index (χ4v) is 3.45. The summed E-state index contributed by atoms with van der Waals surface area (Å²) in [5.41, 5.74) is 1.94. The Morgan fingerprint density at radius 3 is 2.27 bits per heavy atom. The topological polar surface area (TPSA) is 29.5 Å². The highest BCUT2D eigenvalue weighted by atomic mass is 35.5. The third kappa shape index (κ3) is 7.15. The highest BCUT2D eigenvalue weighted by Gasteiger charge is 2.23. The van der Waals surface area contributed by atoms with Crippen molar-refractivity contribution in [2.45, 2.75) is 19.6 Å². The smallest absolute Gasteiger partial charge is 0.137 e. The van der Waals surface area contributed by atoms with Crippen molar-refractivity contribution < 1.29 is 26.7 Å². The number of aryl methyl sites for hydroxylation is 1. The summed E-state index contributed by atoms with van der Waals surface area (Å²) in [4.78, 5) is 0. The second-order valence-electron chi connectivity index (χ2n) is 6.89. The zero-order valence-corrected chi connectivity index (χ0v) is 18.0. The Morgan fingerprint density at radius 1 is 1.04 bits per heavy atom. The zero-order chi connectivity index (χ0) is 18.6. The van der Waals surface area contributed by atoms with Gasteiger partial charge in [-0.25, -0.2) is 0 Å². The van der Waals surface area contributed by atoms with Gasteiger partial charge in [-0.1, -0.05) is 40.9 Å². The van der Waals surface area contributed by atoms with Gasteiger partial charge in [0.1, 0.15) is 31.5 Å². The van der Waals surface area contributed by atoms with Gasteiger partial charge in [0.25, 0.3) is 0 Å². The summed E-state index contributed by atoms with van der Waals surface area (Å²) in [6.45, 7) is 3.37. The van der Waals surface area contributed by atoms with E-state index < -0.39 is 6.10 Å². The van der Waals surface area contributed by atoms with Gasteiger partial charge in [-0.2, -0.15) is 0 Å². The molecule has 0 aliphatic heterocycles. The molecule has 0 saturated heterocycles. The lowest BCUT2D eigenvalue weighted by molar-refractivity contribution is -0.906. The highest BCUT2D eigenvalue weighted by Crippen LogP contribution is 2.24. The summed E-state index contributed by atoms with van der Waals surface area (Å²) in [5.74, 6) is 0.731. The summed E-state index contributed by atoms with van der Waals surface area (Å²) >= 11 is 18.1. The van der Waals surface area contributed by atoms with Gasteiger partial charge in [-0.05, 0) is 42.8 Å². The van der Waals surface area contributed by atoms with E-state index in [-0.39, 0.29) is 19.0 Å². The molecule has 0 aliphatic carbocycles. The molecular weight excluding hydrogens is 416 g/mol. The Balaban J connectivity index is 0.00000338. The summed E-state index contributed by atoms with van der Waals surface area (Å²) in [6, 6.07) is 10.9. The molecule has 144 valence electrons. The van der Waals surface area contributed by atoms with Crippen molar-refractivity contribution in [2.24, 2.45) is 0 Å². The lowest BCUT2D eigenvalue weighted by Gasteiger charge is -2.32. The molecule has 0 spiro atoms. The van der Waals surface area contributed by atoms with Crippen LogP contribution in [0.5, 0.6) is 5.75 Å². The van der Waals surface area contributed by atoms with E-state index in [1.807, 2.05) is 45.3 Å². The number of rotatable bonds is 7. The van der Waals surface area contributed by atoms with Crippen LogP contribution in [-0.2, 0) is 6.54 Å². The quantitative estimate of drug-likeness (QED) is 0.669. The largest absolute Gasteiger partial charge is 1.00 e.